The highest BCUT2D eigenvalue weighted by Gasteiger charge is 2.10. The van der Waals surface area contributed by atoms with Crippen molar-refractivity contribution in [3.63, 3.8) is 0 Å². The number of benzene rings is 1. The van der Waals surface area contributed by atoms with E-state index >= 15 is 0 Å². The van der Waals surface area contributed by atoms with E-state index in [-0.39, 0.29) is 23.6 Å². The Bertz CT molecular complexity index is 797. The predicted molar refractivity (Wildman–Crippen MR) is 99.3 cm³/mol. The van der Waals surface area contributed by atoms with E-state index in [0.29, 0.717) is 31.4 Å². The number of hydrogen-bond donors (Lipinski definition) is 2. The van der Waals surface area contributed by atoms with E-state index in [1.54, 1.807) is 26.0 Å². The highest BCUT2D eigenvalue weighted by atomic mass is 16.6. The van der Waals surface area contributed by atoms with Crippen molar-refractivity contribution >= 4 is 23.5 Å². The van der Waals surface area contributed by atoms with E-state index in [2.05, 4.69) is 25.6 Å². The number of non-ortho nitro benzene ring substituents is 1. The number of ether oxygens (including phenoxy) is 1. The minimum absolute atomic E-state index is 0.0463. The highest BCUT2D eigenvalue weighted by molar-refractivity contribution is 5.88. The molecule has 1 aromatic heterocycles. The second-order valence-electron chi connectivity index (χ2n) is 5.92. The van der Waals surface area contributed by atoms with Crippen LogP contribution in [0.2, 0.25) is 0 Å². The summed E-state index contributed by atoms with van der Waals surface area (Å²) in [4.78, 5) is 34.1. The molecule has 1 atom stereocenters. The van der Waals surface area contributed by atoms with E-state index in [1.165, 1.54) is 12.1 Å². The van der Waals surface area contributed by atoms with Crippen LogP contribution in [-0.4, -0.2) is 38.4 Å². The lowest BCUT2D eigenvalue weighted by molar-refractivity contribution is -0.384. The second kappa shape index (κ2) is 9.53. The van der Waals surface area contributed by atoms with Crippen LogP contribution in [0.15, 0.2) is 24.3 Å². The molecule has 0 aliphatic carbocycles. The number of amides is 1. The maximum atomic E-state index is 11.5. The van der Waals surface area contributed by atoms with Crippen LogP contribution in [0.25, 0.3) is 0 Å². The molecule has 1 unspecified atom stereocenters. The SMILES string of the molecule is CCC(=O)Nc1nc(C)nc(NC(C)COCc2ccc([N+](=O)[O-])cc2)n1. The Kier molecular flexibility index (Phi) is 7.12. The first-order valence-corrected chi connectivity index (χ1v) is 8.47. The monoisotopic (exact) mass is 374 g/mol. The van der Waals surface area contributed by atoms with Gasteiger partial charge in [0.1, 0.15) is 5.82 Å². The van der Waals surface area contributed by atoms with Gasteiger partial charge in [-0.3, -0.25) is 20.2 Å². The van der Waals surface area contributed by atoms with Gasteiger partial charge in [-0.25, -0.2) is 0 Å². The first-order chi connectivity index (χ1) is 12.9. The molecule has 0 bridgehead atoms. The van der Waals surface area contributed by atoms with Crippen LogP contribution >= 0.6 is 0 Å². The van der Waals surface area contributed by atoms with E-state index in [9.17, 15) is 14.9 Å². The van der Waals surface area contributed by atoms with E-state index in [0.717, 1.165) is 5.56 Å². The third-order valence-corrected chi connectivity index (χ3v) is 3.48. The molecule has 1 aromatic carbocycles. The van der Waals surface area contributed by atoms with Crippen molar-refractivity contribution in [3.8, 4) is 0 Å². The molecular weight excluding hydrogens is 352 g/mol. The number of anilines is 2. The average Bonchev–Trinajstić information content (AvgIpc) is 2.61. The molecular formula is C17H22N6O4. The lowest BCUT2D eigenvalue weighted by Crippen LogP contribution is -2.24. The summed E-state index contributed by atoms with van der Waals surface area (Å²) < 4.78 is 5.62. The Morgan fingerprint density at radius 2 is 1.89 bits per heavy atom. The Morgan fingerprint density at radius 3 is 2.52 bits per heavy atom. The highest BCUT2D eigenvalue weighted by Crippen LogP contribution is 2.13. The molecule has 144 valence electrons. The fourth-order valence-electron chi connectivity index (χ4n) is 2.14. The van der Waals surface area contributed by atoms with Gasteiger partial charge in [0, 0.05) is 24.6 Å². The molecule has 0 spiro atoms. The predicted octanol–water partition coefficient (Wildman–Crippen LogP) is 2.45. The summed E-state index contributed by atoms with van der Waals surface area (Å²) in [6, 6.07) is 6.11. The lowest BCUT2D eigenvalue weighted by atomic mass is 10.2. The van der Waals surface area contributed by atoms with Gasteiger partial charge in [0.15, 0.2) is 0 Å². The van der Waals surface area contributed by atoms with Crippen LogP contribution in [0, 0.1) is 17.0 Å². The molecule has 2 N–H and O–H groups in total. The molecule has 0 aliphatic rings. The number of nitro benzene ring substituents is 1. The van der Waals surface area contributed by atoms with Gasteiger partial charge in [0.2, 0.25) is 17.8 Å². The molecule has 0 saturated carbocycles. The van der Waals surface area contributed by atoms with Crippen molar-refractivity contribution < 1.29 is 14.5 Å². The third-order valence-electron chi connectivity index (χ3n) is 3.48. The normalized spacial score (nSPS) is 11.7. The van der Waals surface area contributed by atoms with Gasteiger partial charge in [0.25, 0.3) is 5.69 Å². The van der Waals surface area contributed by atoms with Gasteiger partial charge in [-0.05, 0) is 31.5 Å². The van der Waals surface area contributed by atoms with E-state index < -0.39 is 4.92 Å². The Hall–Kier alpha value is -3.14. The van der Waals surface area contributed by atoms with Gasteiger partial charge in [-0.15, -0.1) is 0 Å². The summed E-state index contributed by atoms with van der Waals surface area (Å²) >= 11 is 0. The van der Waals surface area contributed by atoms with Crippen LogP contribution in [0.5, 0.6) is 0 Å². The summed E-state index contributed by atoms with van der Waals surface area (Å²) in [7, 11) is 0. The molecule has 10 heteroatoms. The van der Waals surface area contributed by atoms with Crippen molar-refractivity contribution in [1.82, 2.24) is 15.0 Å². The minimum Gasteiger partial charge on any atom is -0.375 e. The largest absolute Gasteiger partial charge is 0.375 e. The van der Waals surface area contributed by atoms with Gasteiger partial charge < -0.3 is 10.1 Å². The Labute approximate surface area is 156 Å². The topological polar surface area (TPSA) is 132 Å². The Morgan fingerprint density at radius 1 is 1.22 bits per heavy atom. The number of hydrogen-bond acceptors (Lipinski definition) is 8. The number of aromatic nitrogens is 3. The molecule has 0 aliphatic heterocycles. The van der Waals surface area contributed by atoms with Crippen molar-refractivity contribution in [2.24, 2.45) is 0 Å². The molecule has 10 nitrogen and oxygen atoms in total. The van der Waals surface area contributed by atoms with Crippen molar-refractivity contribution in [2.75, 3.05) is 17.2 Å². The summed E-state index contributed by atoms with van der Waals surface area (Å²) in [5.41, 5.74) is 0.887. The number of aryl methyl sites for hydroxylation is 1. The van der Waals surface area contributed by atoms with Crippen LogP contribution in [0.4, 0.5) is 17.6 Å². The van der Waals surface area contributed by atoms with Crippen molar-refractivity contribution in [1.29, 1.82) is 0 Å². The number of rotatable bonds is 9. The van der Waals surface area contributed by atoms with Gasteiger partial charge in [-0.1, -0.05) is 6.92 Å². The molecule has 0 saturated heterocycles. The number of carbonyl (C=O) groups is 1. The standard InChI is InChI=1S/C17H22N6O4/c1-4-15(24)21-17-20-12(3)19-16(22-17)18-11(2)9-27-10-13-5-7-14(8-6-13)23(25)26/h5-8,11H,4,9-10H2,1-3H3,(H2,18,19,20,21,22,24). The van der Waals surface area contributed by atoms with Crippen LogP contribution in [0.3, 0.4) is 0 Å². The summed E-state index contributed by atoms with van der Waals surface area (Å²) in [6.45, 7) is 6.06. The third kappa shape index (κ3) is 6.59. The first-order valence-electron chi connectivity index (χ1n) is 8.47. The fourth-order valence-corrected chi connectivity index (χ4v) is 2.14. The first kappa shape index (κ1) is 20.2. The summed E-state index contributed by atoms with van der Waals surface area (Å²) in [6.07, 6.45) is 0.334. The molecule has 0 radical (unpaired) electrons. The number of nitro groups is 1. The van der Waals surface area contributed by atoms with E-state index in [1.807, 2.05) is 6.92 Å². The molecule has 2 aromatic rings. The van der Waals surface area contributed by atoms with Crippen molar-refractivity contribution in [3.05, 3.63) is 45.8 Å². The molecule has 1 amide bonds. The summed E-state index contributed by atoms with van der Waals surface area (Å²) in [5.74, 6) is 0.861. The zero-order chi connectivity index (χ0) is 19.8. The lowest BCUT2D eigenvalue weighted by Gasteiger charge is -2.15. The molecule has 1 heterocycles. The summed E-state index contributed by atoms with van der Waals surface area (Å²) in [5, 5.41) is 16.3. The second-order valence-corrected chi connectivity index (χ2v) is 5.92. The molecule has 2 rings (SSSR count). The van der Waals surface area contributed by atoms with Crippen LogP contribution in [-0.2, 0) is 16.1 Å². The zero-order valence-electron chi connectivity index (χ0n) is 15.4. The average molecular weight is 374 g/mol. The van der Waals surface area contributed by atoms with Crippen molar-refractivity contribution in [2.45, 2.75) is 39.8 Å². The molecule has 0 fully saturated rings. The number of nitrogens with zero attached hydrogens (tertiary/aromatic N) is 4. The zero-order valence-corrected chi connectivity index (χ0v) is 15.4. The maximum absolute atomic E-state index is 11.5. The van der Waals surface area contributed by atoms with Gasteiger partial charge in [0.05, 0.1) is 18.1 Å². The van der Waals surface area contributed by atoms with Gasteiger partial charge >= 0.3 is 0 Å². The molecule has 27 heavy (non-hydrogen) atoms. The maximum Gasteiger partial charge on any atom is 0.269 e. The Balaban J connectivity index is 1.85. The van der Waals surface area contributed by atoms with Crippen LogP contribution < -0.4 is 10.6 Å². The number of carbonyl (C=O) groups excluding carboxylic acids is 1. The minimum atomic E-state index is -0.440. The van der Waals surface area contributed by atoms with Crippen LogP contribution in [0.1, 0.15) is 31.7 Å². The number of nitrogens with one attached hydrogen (secondary N) is 2. The quantitative estimate of drug-likeness (QED) is 0.505. The fraction of sp³-hybridized carbons (Fsp3) is 0.412. The van der Waals surface area contributed by atoms with Gasteiger partial charge in [-0.2, -0.15) is 15.0 Å². The smallest absolute Gasteiger partial charge is 0.269 e. The van der Waals surface area contributed by atoms with E-state index in [4.69, 9.17) is 4.74 Å².